The second-order valence-corrected chi connectivity index (χ2v) is 16.7. The number of nitrogens with zero attached hydrogens (tertiary/aromatic N) is 3. The molecule has 0 atom stereocenters. The first-order chi connectivity index (χ1) is 31.1. The van der Waals surface area contributed by atoms with Crippen LogP contribution in [0.2, 0.25) is 0 Å². The van der Waals surface area contributed by atoms with Gasteiger partial charge in [0.15, 0.2) is 0 Å². The zero-order valence-electron chi connectivity index (χ0n) is 35.2. The van der Waals surface area contributed by atoms with Crippen molar-refractivity contribution in [1.82, 2.24) is 4.57 Å². The van der Waals surface area contributed by atoms with Crippen molar-refractivity contribution in [3.8, 4) is 5.69 Å². The average Bonchev–Trinajstić information content (AvgIpc) is 3.66. The van der Waals surface area contributed by atoms with Gasteiger partial charge in [-0.1, -0.05) is 158 Å². The standard InChI is InChI=1S/C60H43N3/c1-40-19-17-26-45(35-40)61(43-22-5-3-6-23-43)55-38-57-59(52-33-15-13-31-50(52)55)60-53-34-16-14-32-51(53)56(62(44-24-7-4-8-25-44)46-27-18-20-41(2)36-46)39-58(60)63(57)54-37-42-21-9-10-28-47(42)48-29-11-12-30-49(48)54/h3-39H,1-2H3. The van der Waals surface area contributed by atoms with E-state index in [4.69, 9.17) is 0 Å². The SMILES string of the molecule is Cc1cccc(N(c2ccccc2)c2cc3c(c4ccccc24)c2c4ccccc4c(N(c4ccccc4)c4cccc(C)c4)cc2n3-c2cc3ccccc3c3ccccc23)c1. The predicted octanol–water partition coefficient (Wildman–Crippen LogP) is 17.0. The molecule has 11 aromatic carbocycles. The van der Waals surface area contributed by atoms with Crippen LogP contribution in [0.3, 0.4) is 0 Å². The molecule has 0 bridgehead atoms. The quantitative estimate of drug-likeness (QED) is 0.149. The average molecular weight is 806 g/mol. The maximum Gasteiger partial charge on any atom is 0.0568 e. The van der Waals surface area contributed by atoms with Crippen LogP contribution in [0.1, 0.15) is 11.1 Å². The molecular weight excluding hydrogens is 763 g/mol. The molecule has 0 radical (unpaired) electrons. The summed E-state index contributed by atoms with van der Waals surface area (Å²) in [5.74, 6) is 0. The minimum Gasteiger partial charge on any atom is -0.310 e. The molecule has 0 aliphatic rings. The third kappa shape index (κ3) is 5.96. The zero-order valence-corrected chi connectivity index (χ0v) is 35.2. The first-order valence-electron chi connectivity index (χ1n) is 21.8. The van der Waals surface area contributed by atoms with Crippen LogP contribution in [-0.2, 0) is 0 Å². The summed E-state index contributed by atoms with van der Waals surface area (Å²) in [6.07, 6.45) is 0. The summed E-state index contributed by atoms with van der Waals surface area (Å²) in [6, 6.07) is 82.4. The van der Waals surface area contributed by atoms with E-state index in [1.807, 2.05) is 0 Å². The van der Waals surface area contributed by atoms with E-state index in [-0.39, 0.29) is 0 Å². The summed E-state index contributed by atoms with van der Waals surface area (Å²) in [5, 5.41) is 12.2. The number of rotatable bonds is 7. The Morgan fingerprint density at radius 2 is 0.698 bits per heavy atom. The number of hydrogen-bond donors (Lipinski definition) is 0. The fourth-order valence-electron chi connectivity index (χ4n) is 10.1. The van der Waals surface area contributed by atoms with Gasteiger partial charge in [-0.05, 0) is 119 Å². The first kappa shape index (κ1) is 36.7. The van der Waals surface area contributed by atoms with Crippen LogP contribution < -0.4 is 9.80 Å². The maximum absolute atomic E-state index is 2.57. The van der Waals surface area contributed by atoms with Gasteiger partial charge in [-0.3, -0.25) is 0 Å². The Balaban J connectivity index is 1.31. The number of hydrogen-bond acceptors (Lipinski definition) is 2. The van der Waals surface area contributed by atoms with Crippen molar-refractivity contribution in [2.24, 2.45) is 0 Å². The Morgan fingerprint density at radius 3 is 1.19 bits per heavy atom. The third-order valence-electron chi connectivity index (χ3n) is 12.8. The summed E-state index contributed by atoms with van der Waals surface area (Å²) < 4.78 is 2.57. The third-order valence-corrected chi connectivity index (χ3v) is 12.8. The van der Waals surface area contributed by atoms with E-state index >= 15 is 0 Å². The van der Waals surface area contributed by atoms with Gasteiger partial charge in [0.2, 0.25) is 0 Å². The molecule has 298 valence electrons. The van der Waals surface area contributed by atoms with E-state index in [2.05, 4.69) is 253 Å². The van der Waals surface area contributed by atoms with Crippen LogP contribution in [0.25, 0.3) is 70.6 Å². The van der Waals surface area contributed by atoms with Crippen LogP contribution >= 0.6 is 0 Å². The predicted molar refractivity (Wildman–Crippen MR) is 270 cm³/mol. The minimum absolute atomic E-state index is 1.11. The number of aryl methyl sites for hydroxylation is 2. The first-order valence-corrected chi connectivity index (χ1v) is 21.8. The molecule has 0 spiro atoms. The smallest absolute Gasteiger partial charge is 0.0568 e. The monoisotopic (exact) mass is 805 g/mol. The number of aromatic nitrogens is 1. The number of para-hydroxylation sites is 2. The second kappa shape index (κ2) is 14.8. The lowest BCUT2D eigenvalue weighted by Gasteiger charge is -2.28. The van der Waals surface area contributed by atoms with E-state index in [9.17, 15) is 0 Å². The van der Waals surface area contributed by atoms with E-state index in [1.165, 1.54) is 65.0 Å². The molecule has 3 nitrogen and oxygen atoms in total. The summed E-state index contributed by atoms with van der Waals surface area (Å²) >= 11 is 0. The Labute approximate surface area is 366 Å². The van der Waals surface area contributed by atoms with Gasteiger partial charge in [0, 0.05) is 49.7 Å². The second-order valence-electron chi connectivity index (χ2n) is 16.7. The summed E-state index contributed by atoms with van der Waals surface area (Å²) in [4.78, 5) is 4.88. The highest BCUT2D eigenvalue weighted by atomic mass is 15.2. The largest absolute Gasteiger partial charge is 0.310 e. The van der Waals surface area contributed by atoms with Gasteiger partial charge in [0.1, 0.15) is 0 Å². The van der Waals surface area contributed by atoms with Gasteiger partial charge >= 0.3 is 0 Å². The van der Waals surface area contributed by atoms with Crippen molar-refractivity contribution in [1.29, 1.82) is 0 Å². The number of benzene rings is 11. The normalized spacial score (nSPS) is 11.7. The van der Waals surface area contributed by atoms with Gasteiger partial charge in [-0.2, -0.15) is 0 Å². The maximum atomic E-state index is 2.57. The van der Waals surface area contributed by atoms with Crippen LogP contribution in [0.15, 0.2) is 224 Å². The molecule has 0 N–H and O–H groups in total. The molecule has 12 aromatic rings. The van der Waals surface area contributed by atoms with Crippen molar-refractivity contribution < 1.29 is 0 Å². The van der Waals surface area contributed by atoms with Gasteiger partial charge < -0.3 is 14.4 Å². The van der Waals surface area contributed by atoms with Crippen LogP contribution in [0.4, 0.5) is 34.1 Å². The van der Waals surface area contributed by atoms with E-state index < -0.39 is 0 Å². The lowest BCUT2D eigenvalue weighted by atomic mass is 9.96. The van der Waals surface area contributed by atoms with Crippen molar-refractivity contribution in [3.63, 3.8) is 0 Å². The zero-order chi connectivity index (χ0) is 42.0. The molecule has 12 rings (SSSR count). The van der Waals surface area contributed by atoms with E-state index in [0.29, 0.717) is 0 Å². The van der Waals surface area contributed by atoms with Gasteiger partial charge in [-0.25, -0.2) is 0 Å². The fourth-order valence-corrected chi connectivity index (χ4v) is 10.1. The lowest BCUT2D eigenvalue weighted by molar-refractivity contribution is 1.19. The molecule has 1 aromatic heterocycles. The van der Waals surface area contributed by atoms with Gasteiger partial charge in [0.05, 0.1) is 28.1 Å². The highest BCUT2D eigenvalue weighted by Crippen LogP contribution is 2.50. The Bertz CT molecular complexity index is 3530. The van der Waals surface area contributed by atoms with Crippen LogP contribution in [-0.4, -0.2) is 4.57 Å². The summed E-state index contributed by atoms with van der Waals surface area (Å²) in [5.41, 5.74) is 12.6. The lowest BCUT2D eigenvalue weighted by Crippen LogP contribution is -2.11. The minimum atomic E-state index is 1.11. The Hall–Kier alpha value is -8.14. The van der Waals surface area contributed by atoms with Crippen molar-refractivity contribution in [3.05, 3.63) is 236 Å². The van der Waals surface area contributed by atoms with Crippen molar-refractivity contribution in [2.75, 3.05) is 9.80 Å². The number of fused-ring (bicyclic) bond motifs is 10. The highest BCUT2D eigenvalue weighted by Gasteiger charge is 2.26. The molecule has 63 heavy (non-hydrogen) atoms. The van der Waals surface area contributed by atoms with Crippen LogP contribution in [0, 0.1) is 13.8 Å². The Morgan fingerprint density at radius 1 is 0.302 bits per heavy atom. The van der Waals surface area contributed by atoms with Crippen LogP contribution in [0.5, 0.6) is 0 Å². The van der Waals surface area contributed by atoms with Crippen molar-refractivity contribution in [2.45, 2.75) is 13.8 Å². The molecule has 0 aliphatic heterocycles. The summed E-state index contributed by atoms with van der Waals surface area (Å²) in [6.45, 7) is 4.35. The molecule has 0 saturated heterocycles. The molecule has 3 heteroatoms. The van der Waals surface area contributed by atoms with E-state index in [0.717, 1.165) is 50.8 Å². The molecule has 0 fully saturated rings. The molecule has 0 saturated carbocycles. The molecule has 0 unspecified atom stereocenters. The van der Waals surface area contributed by atoms with Gasteiger partial charge in [0.25, 0.3) is 0 Å². The highest BCUT2D eigenvalue weighted by molar-refractivity contribution is 6.32. The summed E-state index contributed by atoms with van der Waals surface area (Å²) in [7, 11) is 0. The van der Waals surface area contributed by atoms with E-state index in [1.54, 1.807) is 0 Å². The molecule has 0 amide bonds. The topological polar surface area (TPSA) is 11.4 Å². The number of anilines is 6. The molecular formula is C60H43N3. The molecule has 0 aliphatic carbocycles. The van der Waals surface area contributed by atoms with Gasteiger partial charge in [-0.15, -0.1) is 0 Å². The van der Waals surface area contributed by atoms with Crippen molar-refractivity contribution >= 4 is 99.0 Å². The molecule has 1 heterocycles. The Kier molecular flexibility index (Phi) is 8.62. The fraction of sp³-hybridized carbons (Fsp3) is 0.0333.